The van der Waals surface area contributed by atoms with Crippen molar-refractivity contribution in [2.75, 3.05) is 6.61 Å². The normalized spacial score (nSPS) is 16.4. The standard InChI is InChI=1S/C22H18BrNO5S/c1-3-29-22(28)18-19(26)17(11-14-10-15(23)8-9-16(14)25)30-21(18)24-20(27)13-6-4-12(2)5-7-13/h4-11,25-26H,3H2,1-2H3. The lowest BCUT2D eigenvalue weighted by Crippen LogP contribution is -2.14. The first kappa shape index (κ1) is 21.9. The Balaban J connectivity index is 2.04. The van der Waals surface area contributed by atoms with E-state index in [0.29, 0.717) is 11.1 Å². The number of ether oxygens (including phenoxy) is 1. The molecule has 0 aromatic heterocycles. The van der Waals surface area contributed by atoms with E-state index < -0.39 is 11.9 Å². The number of aryl methyl sites for hydroxylation is 1. The van der Waals surface area contributed by atoms with Gasteiger partial charge in [0, 0.05) is 15.6 Å². The molecule has 1 heterocycles. The summed E-state index contributed by atoms with van der Waals surface area (Å²) in [7, 11) is 0. The minimum atomic E-state index is -0.778. The molecule has 0 fully saturated rings. The van der Waals surface area contributed by atoms with Crippen LogP contribution in [-0.4, -0.2) is 33.7 Å². The van der Waals surface area contributed by atoms with Crippen molar-refractivity contribution in [2.45, 2.75) is 13.8 Å². The summed E-state index contributed by atoms with van der Waals surface area (Å²) in [5.74, 6) is -1.68. The van der Waals surface area contributed by atoms with Gasteiger partial charge < -0.3 is 14.9 Å². The summed E-state index contributed by atoms with van der Waals surface area (Å²) in [6, 6.07) is 11.7. The van der Waals surface area contributed by atoms with Crippen LogP contribution in [0.3, 0.4) is 0 Å². The average Bonchev–Trinajstić information content (AvgIpc) is 3.00. The number of halogens is 1. The molecular formula is C22H18BrNO5S. The fraction of sp³-hybridized carbons (Fsp3) is 0.136. The molecule has 1 aliphatic heterocycles. The van der Waals surface area contributed by atoms with Gasteiger partial charge in [0.1, 0.15) is 22.1 Å². The van der Waals surface area contributed by atoms with Gasteiger partial charge in [0.15, 0.2) is 0 Å². The van der Waals surface area contributed by atoms with E-state index in [-0.39, 0.29) is 33.6 Å². The molecule has 0 bridgehead atoms. The summed E-state index contributed by atoms with van der Waals surface area (Å²) in [6.45, 7) is 3.65. The van der Waals surface area contributed by atoms with Crippen LogP contribution in [0.25, 0.3) is 6.08 Å². The van der Waals surface area contributed by atoms with Gasteiger partial charge in [-0.3, -0.25) is 4.79 Å². The number of aromatic hydroxyl groups is 1. The summed E-state index contributed by atoms with van der Waals surface area (Å²) in [6.07, 6.45) is 1.51. The van der Waals surface area contributed by atoms with Crippen LogP contribution in [0.2, 0.25) is 0 Å². The number of rotatable bonds is 4. The van der Waals surface area contributed by atoms with Gasteiger partial charge in [-0.05, 0) is 50.3 Å². The topological polar surface area (TPSA) is 96.2 Å². The van der Waals surface area contributed by atoms with Gasteiger partial charge in [0.05, 0.1) is 11.5 Å². The molecule has 2 aromatic rings. The largest absolute Gasteiger partial charge is 0.507 e. The third-order valence-corrected chi connectivity index (χ3v) is 5.66. The van der Waals surface area contributed by atoms with Crippen LogP contribution in [0.4, 0.5) is 0 Å². The predicted octanol–water partition coefficient (Wildman–Crippen LogP) is 5.16. The summed E-state index contributed by atoms with van der Waals surface area (Å²) >= 11 is 4.28. The molecule has 154 valence electrons. The number of hydrogen-bond donors (Lipinski definition) is 2. The number of amides is 1. The molecule has 0 radical (unpaired) electrons. The van der Waals surface area contributed by atoms with Gasteiger partial charge in [0.25, 0.3) is 5.91 Å². The third kappa shape index (κ3) is 4.83. The highest BCUT2D eigenvalue weighted by molar-refractivity contribution is 9.10. The number of phenolic OH excluding ortho intramolecular Hbond substituents is 1. The predicted molar refractivity (Wildman–Crippen MR) is 121 cm³/mol. The first-order valence-electron chi connectivity index (χ1n) is 8.99. The molecule has 0 unspecified atom stereocenters. The molecule has 8 heteroatoms. The van der Waals surface area contributed by atoms with Crippen molar-refractivity contribution in [3.8, 4) is 5.75 Å². The number of nitrogens with zero attached hydrogens (tertiary/aromatic N) is 1. The minimum absolute atomic E-state index is 0.00194. The fourth-order valence-electron chi connectivity index (χ4n) is 2.63. The Morgan fingerprint density at radius 3 is 2.53 bits per heavy atom. The first-order chi connectivity index (χ1) is 14.3. The maximum atomic E-state index is 12.6. The number of carbonyl (C=O) groups is 2. The monoisotopic (exact) mass is 487 g/mol. The molecule has 1 amide bonds. The minimum Gasteiger partial charge on any atom is -0.507 e. The van der Waals surface area contributed by atoms with Crippen molar-refractivity contribution in [3.05, 3.63) is 79.9 Å². The van der Waals surface area contributed by atoms with Crippen molar-refractivity contribution in [1.29, 1.82) is 0 Å². The number of carbonyl (C=O) groups excluding carboxylic acids is 2. The summed E-state index contributed by atoms with van der Waals surface area (Å²) in [4.78, 5) is 29.3. The molecule has 0 saturated heterocycles. The second kappa shape index (κ2) is 9.32. The molecule has 2 N–H and O–H groups in total. The van der Waals surface area contributed by atoms with Crippen LogP contribution < -0.4 is 0 Å². The molecule has 0 aliphatic carbocycles. The number of aliphatic hydroxyl groups excluding tert-OH is 1. The molecule has 1 aliphatic rings. The Hall–Kier alpha value is -2.84. The van der Waals surface area contributed by atoms with Gasteiger partial charge in [-0.25, -0.2) is 9.79 Å². The number of phenols is 1. The van der Waals surface area contributed by atoms with E-state index >= 15 is 0 Å². The molecule has 3 rings (SSSR count). The van der Waals surface area contributed by atoms with Crippen molar-refractivity contribution in [1.82, 2.24) is 0 Å². The van der Waals surface area contributed by atoms with E-state index in [9.17, 15) is 19.8 Å². The van der Waals surface area contributed by atoms with E-state index in [2.05, 4.69) is 20.9 Å². The maximum absolute atomic E-state index is 12.6. The van der Waals surface area contributed by atoms with Crippen molar-refractivity contribution in [2.24, 2.45) is 4.99 Å². The fourth-order valence-corrected chi connectivity index (χ4v) is 4.01. The molecule has 6 nitrogen and oxygen atoms in total. The van der Waals surface area contributed by atoms with E-state index in [0.717, 1.165) is 21.8 Å². The summed E-state index contributed by atoms with van der Waals surface area (Å²) in [5, 5.41) is 20.8. The Kier molecular flexibility index (Phi) is 6.79. The molecule has 0 spiro atoms. The molecular weight excluding hydrogens is 470 g/mol. The lowest BCUT2D eigenvalue weighted by molar-refractivity contribution is -0.138. The Bertz CT molecular complexity index is 1100. The van der Waals surface area contributed by atoms with E-state index in [1.807, 2.05) is 6.92 Å². The first-order valence-corrected chi connectivity index (χ1v) is 10.6. The van der Waals surface area contributed by atoms with Gasteiger partial charge in [-0.1, -0.05) is 45.4 Å². The van der Waals surface area contributed by atoms with Crippen LogP contribution in [-0.2, 0) is 9.53 Å². The van der Waals surface area contributed by atoms with E-state index in [1.54, 1.807) is 43.3 Å². The van der Waals surface area contributed by atoms with Crippen LogP contribution in [0.5, 0.6) is 5.75 Å². The second-order valence-electron chi connectivity index (χ2n) is 6.35. The van der Waals surface area contributed by atoms with Gasteiger partial charge in [-0.15, -0.1) is 0 Å². The molecule has 30 heavy (non-hydrogen) atoms. The highest BCUT2D eigenvalue weighted by Crippen LogP contribution is 2.40. The number of aliphatic hydroxyl groups is 1. The second-order valence-corrected chi connectivity index (χ2v) is 8.29. The smallest absolute Gasteiger partial charge is 0.344 e. The zero-order chi connectivity index (χ0) is 21.8. The Labute approximate surface area is 186 Å². The van der Waals surface area contributed by atoms with Crippen LogP contribution in [0, 0.1) is 6.92 Å². The average molecular weight is 488 g/mol. The summed E-state index contributed by atoms with van der Waals surface area (Å²) in [5.41, 5.74) is 1.60. The van der Waals surface area contributed by atoms with Gasteiger partial charge >= 0.3 is 5.97 Å². The van der Waals surface area contributed by atoms with Crippen molar-refractivity contribution in [3.63, 3.8) is 0 Å². The number of esters is 1. The third-order valence-electron chi connectivity index (χ3n) is 4.15. The van der Waals surface area contributed by atoms with E-state index in [1.165, 1.54) is 12.1 Å². The number of hydrogen-bond acceptors (Lipinski definition) is 6. The Morgan fingerprint density at radius 2 is 1.87 bits per heavy atom. The number of aliphatic imine (C=N–C) groups is 1. The SMILES string of the molecule is CCOC(=O)C1=C(O)C(=Cc2cc(Br)ccc2O)SC1=NC(=O)c1ccc(C)cc1. The van der Waals surface area contributed by atoms with Gasteiger partial charge in [0.2, 0.25) is 0 Å². The number of benzene rings is 2. The van der Waals surface area contributed by atoms with Crippen molar-refractivity contribution >= 4 is 50.7 Å². The molecule has 2 aromatic carbocycles. The lowest BCUT2D eigenvalue weighted by atomic mass is 10.1. The zero-order valence-electron chi connectivity index (χ0n) is 16.2. The van der Waals surface area contributed by atoms with Gasteiger partial charge in [-0.2, -0.15) is 0 Å². The van der Waals surface area contributed by atoms with Crippen LogP contribution in [0.15, 0.2) is 68.2 Å². The van der Waals surface area contributed by atoms with Crippen LogP contribution >= 0.6 is 27.7 Å². The maximum Gasteiger partial charge on any atom is 0.344 e. The summed E-state index contributed by atoms with van der Waals surface area (Å²) < 4.78 is 5.75. The Morgan fingerprint density at radius 1 is 1.17 bits per heavy atom. The highest BCUT2D eigenvalue weighted by atomic mass is 79.9. The molecule has 0 saturated carbocycles. The lowest BCUT2D eigenvalue weighted by Gasteiger charge is -2.03. The van der Waals surface area contributed by atoms with Crippen LogP contribution in [0.1, 0.15) is 28.4 Å². The number of thioether (sulfide) groups is 1. The molecule has 0 atom stereocenters. The quantitative estimate of drug-likeness (QED) is 0.577. The van der Waals surface area contributed by atoms with E-state index in [4.69, 9.17) is 4.74 Å². The zero-order valence-corrected chi connectivity index (χ0v) is 18.6. The van der Waals surface area contributed by atoms with Crippen molar-refractivity contribution < 1.29 is 24.5 Å². The highest BCUT2D eigenvalue weighted by Gasteiger charge is 2.34.